The summed E-state index contributed by atoms with van der Waals surface area (Å²) in [6, 6.07) is 10.2. The van der Waals surface area contributed by atoms with Crippen molar-refractivity contribution in [2.24, 2.45) is 5.41 Å². The molecule has 1 atom stereocenters. The number of benzene rings is 1. The van der Waals surface area contributed by atoms with Crippen LogP contribution in [-0.4, -0.2) is 65.6 Å². The van der Waals surface area contributed by atoms with Gasteiger partial charge in [-0.05, 0) is 24.9 Å². The summed E-state index contributed by atoms with van der Waals surface area (Å²) in [6.45, 7) is 5.40. The van der Waals surface area contributed by atoms with Gasteiger partial charge in [-0.2, -0.15) is 0 Å². The van der Waals surface area contributed by atoms with Crippen LogP contribution in [0.3, 0.4) is 0 Å². The van der Waals surface area contributed by atoms with E-state index in [1.54, 1.807) is 7.11 Å². The van der Waals surface area contributed by atoms with Crippen LogP contribution in [0.4, 0.5) is 5.95 Å². The number of methoxy groups -OCH3 is 1. The molecule has 1 aromatic carbocycles. The Morgan fingerprint density at radius 2 is 1.86 bits per heavy atom. The van der Waals surface area contributed by atoms with E-state index in [9.17, 15) is 4.79 Å². The Kier molecular flexibility index (Phi) is 6.06. The first-order valence-electron chi connectivity index (χ1n) is 10.3. The molecule has 1 aromatic heterocycles. The number of carbonyl (C=O) groups excluding carboxylic acids is 1. The normalized spacial score (nSPS) is 22.0. The van der Waals surface area contributed by atoms with Gasteiger partial charge in [-0.25, -0.2) is 9.97 Å². The second-order valence-corrected chi connectivity index (χ2v) is 8.03. The van der Waals surface area contributed by atoms with Crippen LogP contribution in [0, 0.1) is 5.41 Å². The summed E-state index contributed by atoms with van der Waals surface area (Å²) in [4.78, 5) is 26.1. The molecule has 1 N–H and O–H groups in total. The standard InChI is InChI=1S/C22H29N5O2/c1-29-12-11-27-10-8-22(20(27)28)7-9-26(17-22)16-19-14-24-21(25-15-19)23-13-18-5-3-2-4-6-18/h2-6,14-15H,7-13,16-17H2,1H3,(H,23,24,25). The predicted octanol–water partition coefficient (Wildman–Crippen LogP) is 2.16. The van der Waals surface area contributed by atoms with Gasteiger partial charge in [0.1, 0.15) is 0 Å². The number of ether oxygens (including phenoxy) is 1. The lowest BCUT2D eigenvalue weighted by Gasteiger charge is -2.23. The van der Waals surface area contributed by atoms with E-state index < -0.39 is 0 Å². The molecule has 7 heteroatoms. The van der Waals surface area contributed by atoms with Gasteiger partial charge in [0, 0.05) is 57.8 Å². The van der Waals surface area contributed by atoms with E-state index in [4.69, 9.17) is 4.74 Å². The van der Waals surface area contributed by atoms with E-state index in [1.165, 1.54) is 5.56 Å². The van der Waals surface area contributed by atoms with Gasteiger partial charge in [-0.15, -0.1) is 0 Å². The van der Waals surface area contributed by atoms with Gasteiger partial charge >= 0.3 is 0 Å². The van der Waals surface area contributed by atoms with Gasteiger partial charge in [0.25, 0.3) is 0 Å². The fourth-order valence-electron chi connectivity index (χ4n) is 4.34. The summed E-state index contributed by atoms with van der Waals surface area (Å²) in [5.74, 6) is 0.934. The van der Waals surface area contributed by atoms with Gasteiger partial charge < -0.3 is 15.0 Å². The Labute approximate surface area is 172 Å². The third-order valence-corrected chi connectivity index (χ3v) is 6.00. The summed E-state index contributed by atoms with van der Waals surface area (Å²) in [5, 5.41) is 3.25. The quantitative estimate of drug-likeness (QED) is 0.739. The first-order chi connectivity index (χ1) is 14.2. The first kappa shape index (κ1) is 19.8. The predicted molar refractivity (Wildman–Crippen MR) is 111 cm³/mol. The third-order valence-electron chi connectivity index (χ3n) is 6.00. The Morgan fingerprint density at radius 1 is 1.10 bits per heavy atom. The Hall–Kier alpha value is -2.51. The zero-order valence-corrected chi connectivity index (χ0v) is 17.0. The van der Waals surface area contributed by atoms with Gasteiger partial charge in [0.2, 0.25) is 11.9 Å². The molecule has 2 aromatic rings. The molecule has 29 heavy (non-hydrogen) atoms. The first-order valence-corrected chi connectivity index (χ1v) is 10.3. The number of nitrogens with one attached hydrogen (secondary N) is 1. The molecule has 2 aliphatic rings. The summed E-state index contributed by atoms with van der Waals surface area (Å²) in [6.07, 6.45) is 5.65. The van der Waals surface area contributed by atoms with Crippen LogP contribution in [0.25, 0.3) is 0 Å². The molecule has 0 radical (unpaired) electrons. The van der Waals surface area contributed by atoms with Gasteiger partial charge in [0.15, 0.2) is 0 Å². The van der Waals surface area contributed by atoms with Crippen molar-refractivity contribution in [1.29, 1.82) is 0 Å². The average molecular weight is 396 g/mol. The molecule has 1 unspecified atom stereocenters. The zero-order chi connectivity index (χ0) is 20.1. The van der Waals surface area contributed by atoms with Crippen LogP contribution in [0.5, 0.6) is 0 Å². The molecule has 2 saturated heterocycles. The second kappa shape index (κ2) is 8.88. The molecule has 0 bridgehead atoms. The molecule has 3 heterocycles. The summed E-state index contributed by atoms with van der Waals surface area (Å²) in [7, 11) is 1.68. The van der Waals surface area contributed by atoms with Crippen molar-refractivity contribution >= 4 is 11.9 Å². The van der Waals surface area contributed by atoms with Crippen LogP contribution in [-0.2, 0) is 22.6 Å². The summed E-state index contributed by atoms with van der Waals surface area (Å²) in [5.41, 5.74) is 2.07. The maximum atomic E-state index is 12.9. The number of hydrogen-bond acceptors (Lipinski definition) is 6. The van der Waals surface area contributed by atoms with Gasteiger partial charge in [-0.1, -0.05) is 30.3 Å². The number of hydrogen-bond donors (Lipinski definition) is 1. The minimum absolute atomic E-state index is 0.203. The number of carbonyl (C=O) groups is 1. The number of aromatic nitrogens is 2. The minimum Gasteiger partial charge on any atom is -0.383 e. The smallest absolute Gasteiger partial charge is 0.230 e. The number of nitrogens with zero attached hydrogens (tertiary/aromatic N) is 4. The lowest BCUT2D eigenvalue weighted by Crippen LogP contribution is -2.38. The minimum atomic E-state index is -0.203. The lowest BCUT2D eigenvalue weighted by atomic mass is 9.85. The van der Waals surface area contributed by atoms with Crippen LogP contribution in [0.15, 0.2) is 42.7 Å². The van der Waals surface area contributed by atoms with Crippen LogP contribution >= 0.6 is 0 Å². The molecule has 154 valence electrons. The largest absolute Gasteiger partial charge is 0.383 e. The molecule has 1 amide bonds. The summed E-state index contributed by atoms with van der Waals surface area (Å²) < 4.78 is 5.13. The molecule has 2 fully saturated rings. The van der Waals surface area contributed by atoms with Gasteiger partial charge in [-0.3, -0.25) is 9.69 Å². The number of anilines is 1. The van der Waals surface area contributed by atoms with E-state index in [0.717, 1.165) is 44.6 Å². The maximum Gasteiger partial charge on any atom is 0.230 e. The van der Waals surface area contributed by atoms with Crippen molar-refractivity contribution in [3.05, 3.63) is 53.9 Å². The highest BCUT2D eigenvalue weighted by molar-refractivity contribution is 5.85. The van der Waals surface area contributed by atoms with Crippen LogP contribution < -0.4 is 5.32 Å². The Bertz CT molecular complexity index is 814. The van der Waals surface area contributed by atoms with Crippen molar-refractivity contribution in [3.63, 3.8) is 0 Å². The molecule has 7 nitrogen and oxygen atoms in total. The fourth-order valence-corrected chi connectivity index (χ4v) is 4.34. The lowest BCUT2D eigenvalue weighted by molar-refractivity contribution is -0.136. The highest BCUT2D eigenvalue weighted by Gasteiger charge is 2.50. The van der Waals surface area contributed by atoms with Crippen molar-refractivity contribution in [2.45, 2.75) is 25.9 Å². The van der Waals surface area contributed by atoms with Crippen LogP contribution in [0.1, 0.15) is 24.0 Å². The van der Waals surface area contributed by atoms with E-state index in [2.05, 4.69) is 32.3 Å². The monoisotopic (exact) mass is 395 g/mol. The van der Waals surface area contributed by atoms with E-state index in [1.807, 2.05) is 35.5 Å². The van der Waals surface area contributed by atoms with Crippen molar-refractivity contribution in [2.75, 3.05) is 45.2 Å². The molecular weight excluding hydrogens is 366 g/mol. The molecule has 0 saturated carbocycles. The van der Waals surface area contributed by atoms with Crippen molar-refractivity contribution < 1.29 is 9.53 Å². The highest BCUT2D eigenvalue weighted by Crippen LogP contribution is 2.40. The van der Waals surface area contributed by atoms with E-state index in [0.29, 0.717) is 31.6 Å². The maximum absolute atomic E-state index is 12.9. The van der Waals surface area contributed by atoms with E-state index in [-0.39, 0.29) is 5.41 Å². The SMILES string of the molecule is COCCN1CCC2(CCN(Cc3cnc(NCc4ccccc4)nc3)C2)C1=O. The third kappa shape index (κ3) is 4.57. The molecule has 0 aliphatic carbocycles. The molecule has 1 spiro atoms. The fraction of sp³-hybridized carbons (Fsp3) is 0.500. The number of rotatable bonds is 8. The molecular formula is C22H29N5O2. The highest BCUT2D eigenvalue weighted by atomic mass is 16.5. The molecule has 4 rings (SSSR count). The zero-order valence-electron chi connectivity index (χ0n) is 17.0. The Morgan fingerprint density at radius 3 is 2.62 bits per heavy atom. The topological polar surface area (TPSA) is 70.6 Å². The van der Waals surface area contributed by atoms with Gasteiger partial charge in [0.05, 0.1) is 12.0 Å². The van der Waals surface area contributed by atoms with E-state index >= 15 is 0 Å². The Balaban J connectivity index is 1.28. The molecule has 2 aliphatic heterocycles. The second-order valence-electron chi connectivity index (χ2n) is 8.03. The van der Waals surface area contributed by atoms with Crippen molar-refractivity contribution in [1.82, 2.24) is 19.8 Å². The number of amides is 1. The van der Waals surface area contributed by atoms with Crippen LogP contribution in [0.2, 0.25) is 0 Å². The van der Waals surface area contributed by atoms with Crippen molar-refractivity contribution in [3.8, 4) is 0 Å². The average Bonchev–Trinajstić information content (AvgIpc) is 3.30. The summed E-state index contributed by atoms with van der Waals surface area (Å²) >= 11 is 0. The number of likely N-dealkylation sites (tertiary alicyclic amines) is 2.